The number of imidazole rings is 1. The summed E-state index contributed by atoms with van der Waals surface area (Å²) in [5, 5.41) is 3.31. The third-order valence-corrected chi connectivity index (χ3v) is 4.27. The monoisotopic (exact) mass is 359 g/mol. The molecule has 134 valence electrons. The third-order valence-electron chi connectivity index (χ3n) is 4.27. The number of benzene rings is 2. The molecule has 0 bridgehead atoms. The third kappa shape index (κ3) is 3.35. The van der Waals surface area contributed by atoms with Crippen LogP contribution in [-0.2, 0) is 18.4 Å². The van der Waals surface area contributed by atoms with Crippen LogP contribution in [0.3, 0.4) is 0 Å². The summed E-state index contributed by atoms with van der Waals surface area (Å²) in [6.07, 6.45) is 4.98. The Labute approximate surface area is 154 Å². The Bertz CT molecular complexity index is 1190. The fourth-order valence-electron chi connectivity index (χ4n) is 2.95. The average molecular weight is 359 g/mol. The number of hydrogen-bond acceptors (Lipinski definition) is 4. The van der Waals surface area contributed by atoms with E-state index < -0.39 is 0 Å². The molecule has 0 aliphatic rings. The molecule has 0 atom stereocenters. The molecule has 1 amide bonds. The molecule has 7 heteroatoms. The lowest BCUT2D eigenvalue weighted by Gasteiger charge is -2.09. The van der Waals surface area contributed by atoms with Crippen molar-refractivity contribution in [2.45, 2.75) is 6.54 Å². The second-order valence-corrected chi connectivity index (χ2v) is 6.19. The van der Waals surface area contributed by atoms with E-state index in [1.807, 2.05) is 42.1 Å². The van der Waals surface area contributed by atoms with Crippen LogP contribution in [0.15, 0.2) is 72.0 Å². The molecule has 0 saturated carbocycles. The van der Waals surface area contributed by atoms with Gasteiger partial charge >= 0.3 is 0 Å². The first-order valence-electron chi connectivity index (χ1n) is 8.43. The van der Waals surface area contributed by atoms with Crippen molar-refractivity contribution in [2.24, 2.45) is 7.05 Å². The molecular formula is C20H17N5O2. The van der Waals surface area contributed by atoms with Gasteiger partial charge in [-0.2, -0.15) is 0 Å². The number of aryl methyl sites for hydroxylation is 1. The van der Waals surface area contributed by atoms with Crippen LogP contribution in [0.1, 0.15) is 0 Å². The zero-order valence-electron chi connectivity index (χ0n) is 14.7. The number of carbonyl (C=O) groups is 1. The molecule has 2 aromatic heterocycles. The van der Waals surface area contributed by atoms with Gasteiger partial charge in [0.2, 0.25) is 5.91 Å². The molecule has 27 heavy (non-hydrogen) atoms. The number of anilines is 1. The maximum atomic E-state index is 12.5. The van der Waals surface area contributed by atoms with Crippen molar-refractivity contribution < 1.29 is 4.79 Å². The Balaban J connectivity index is 1.54. The van der Waals surface area contributed by atoms with Gasteiger partial charge in [0.15, 0.2) is 0 Å². The van der Waals surface area contributed by atoms with Crippen molar-refractivity contribution in [2.75, 3.05) is 5.32 Å². The number of fused-ring (bicyclic) bond motifs is 1. The highest BCUT2D eigenvalue weighted by Crippen LogP contribution is 2.20. The number of aromatic nitrogens is 4. The predicted octanol–water partition coefficient (Wildman–Crippen LogP) is 2.44. The van der Waals surface area contributed by atoms with Gasteiger partial charge in [0.25, 0.3) is 5.56 Å². The fraction of sp³-hybridized carbons (Fsp3) is 0.100. The van der Waals surface area contributed by atoms with E-state index in [0.29, 0.717) is 16.6 Å². The van der Waals surface area contributed by atoms with Crippen molar-refractivity contribution in [1.82, 2.24) is 19.1 Å². The van der Waals surface area contributed by atoms with E-state index in [1.54, 1.807) is 30.5 Å². The Morgan fingerprint density at radius 3 is 2.78 bits per heavy atom. The molecule has 4 aromatic rings. The Kier molecular flexibility index (Phi) is 4.25. The molecule has 0 spiro atoms. The van der Waals surface area contributed by atoms with E-state index in [9.17, 15) is 9.59 Å². The minimum absolute atomic E-state index is 0.108. The van der Waals surface area contributed by atoms with Crippen LogP contribution in [0.2, 0.25) is 0 Å². The Morgan fingerprint density at radius 1 is 1.11 bits per heavy atom. The zero-order valence-corrected chi connectivity index (χ0v) is 14.7. The van der Waals surface area contributed by atoms with Crippen molar-refractivity contribution >= 4 is 22.5 Å². The summed E-state index contributed by atoms with van der Waals surface area (Å²) in [6, 6.07) is 14.5. The number of carbonyl (C=O) groups excluding carboxylic acids is 1. The first-order chi connectivity index (χ1) is 13.1. The summed E-state index contributed by atoms with van der Waals surface area (Å²) >= 11 is 0. The summed E-state index contributed by atoms with van der Waals surface area (Å²) < 4.78 is 3.21. The topological polar surface area (TPSA) is 81.8 Å². The second-order valence-electron chi connectivity index (χ2n) is 6.19. The van der Waals surface area contributed by atoms with Crippen molar-refractivity contribution in [3.63, 3.8) is 0 Å². The van der Waals surface area contributed by atoms with Gasteiger partial charge in [0.1, 0.15) is 12.4 Å². The lowest BCUT2D eigenvalue weighted by atomic mass is 10.2. The van der Waals surface area contributed by atoms with Crippen LogP contribution in [0.5, 0.6) is 0 Å². The molecule has 2 heterocycles. The van der Waals surface area contributed by atoms with Gasteiger partial charge in [-0.1, -0.05) is 24.3 Å². The molecule has 4 rings (SSSR count). The highest BCUT2D eigenvalue weighted by Gasteiger charge is 2.10. The van der Waals surface area contributed by atoms with Crippen LogP contribution in [0.4, 0.5) is 5.69 Å². The zero-order chi connectivity index (χ0) is 18.8. The summed E-state index contributed by atoms with van der Waals surface area (Å²) in [5.41, 5.74) is 1.91. The lowest BCUT2D eigenvalue weighted by Crippen LogP contribution is -2.27. The minimum atomic E-state index is -0.300. The predicted molar refractivity (Wildman–Crippen MR) is 103 cm³/mol. The van der Waals surface area contributed by atoms with Gasteiger partial charge in [-0.05, 0) is 24.3 Å². The fourth-order valence-corrected chi connectivity index (χ4v) is 2.95. The van der Waals surface area contributed by atoms with E-state index >= 15 is 0 Å². The van der Waals surface area contributed by atoms with Gasteiger partial charge in [0.05, 0.1) is 17.2 Å². The number of para-hydroxylation sites is 1. The summed E-state index contributed by atoms with van der Waals surface area (Å²) in [5.74, 6) is 0.507. The summed E-state index contributed by atoms with van der Waals surface area (Å²) in [4.78, 5) is 33.5. The molecule has 1 N–H and O–H groups in total. The number of rotatable bonds is 4. The van der Waals surface area contributed by atoms with E-state index in [4.69, 9.17) is 0 Å². The standard InChI is InChI=1S/C20H17N5O2/c1-24-10-9-21-19(24)14-5-4-6-15(11-14)23-18(26)12-25-13-22-17-8-3-2-7-16(17)20(25)27/h2-11,13H,12H2,1H3,(H,23,26). The number of nitrogens with one attached hydrogen (secondary N) is 1. The molecule has 0 aliphatic carbocycles. The number of hydrogen-bond donors (Lipinski definition) is 1. The summed E-state index contributed by atoms with van der Waals surface area (Å²) in [7, 11) is 1.91. The molecule has 0 unspecified atom stereocenters. The highest BCUT2D eigenvalue weighted by atomic mass is 16.2. The largest absolute Gasteiger partial charge is 0.334 e. The molecule has 0 saturated heterocycles. The van der Waals surface area contributed by atoms with Crippen LogP contribution < -0.4 is 10.9 Å². The van der Waals surface area contributed by atoms with Gasteiger partial charge < -0.3 is 9.88 Å². The van der Waals surface area contributed by atoms with Gasteiger partial charge in [-0.15, -0.1) is 0 Å². The molecular weight excluding hydrogens is 342 g/mol. The smallest absolute Gasteiger partial charge is 0.261 e. The molecule has 0 radical (unpaired) electrons. The van der Waals surface area contributed by atoms with E-state index in [1.165, 1.54) is 10.9 Å². The van der Waals surface area contributed by atoms with Crippen molar-refractivity contribution in [3.8, 4) is 11.4 Å². The van der Waals surface area contributed by atoms with Crippen LogP contribution in [0, 0.1) is 0 Å². The second kappa shape index (κ2) is 6.87. The molecule has 0 aliphatic heterocycles. The highest BCUT2D eigenvalue weighted by molar-refractivity contribution is 5.91. The number of nitrogens with zero attached hydrogens (tertiary/aromatic N) is 4. The first kappa shape index (κ1) is 16.7. The van der Waals surface area contributed by atoms with Gasteiger partial charge in [0, 0.05) is 30.7 Å². The van der Waals surface area contributed by atoms with Crippen molar-refractivity contribution in [1.29, 1.82) is 0 Å². The minimum Gasteiger partial charge on any atom is -0.334 e. The van der Waals surface area contributed by atoms with E-state index in [-0.39, 0.29) is 18.0 Å². The maximum Gasteiger partial charge on any atom is 0.261 e. The van der Waals surface area contributed by atoms with Crippen molar-refractivity contribution in [3.05, 3.63) is 77.6 Å². The van der Waals surface area contributed by atoms with E-state index in [0.717, 1.165) is 11.4 Å². The molecule has 0 fully saturated rings. The molecule has 7 nitrogen and oxygen atoms in total. The Hall–Kier alpha value is -3.74. The first-order valence-corrected chi connectivity index (χ1v) is 8.43. The van der Waals surface area contributed by atoms with E-state index in [2.05, 4.69) is 15.3 Å². The Morgan fingerprint density at radius 2 is 1.96 bits per heavy atom. The SMILES string of the molecule is Cn1ccnc1-c1cccc(NC(=O)Cn2cnc3ccccc3c2=O)c1. The lowest BCUT2D eigenvalue weighted by molar-refractivity contribution is -0.116. The molecule has 2 aromatic carbocycles. The summed E-state index contributed by atoms with van der Waals surface area (Å²) in [6.45, 7) is -0.108. The van der Waals surface area contributed by atoms with Crippen LogP contribution in [0.25, 0.3) is 22.3 Å². The average Bonchev–Trinajstić information content (AvgIpc) is 3.10. The maximum absolute atomic E-state index is 12.5. The normalized spacial score (nSPS) is 10.9. The van der Waals surface area contributed by atoms with Crippen LogP contribution >= 0.6 is 0 Å². The van der Waals surface area contributed by atoms with Gasteiger partial charge in [-0.25, -0.2) is 9.97 Å². The van der Waals surface area contributed by atoms with Crippen LogP contribution in [-0.4, -0.2) is 25.0 Å². The number of amides is 1. The van der Waals surface area contributed by atoms with Gasteiger partial charge in [-0.3, -0.25) is 14.2 Å². The quantitative estimate of drug-likeness (QED) is 0.607.